The van der Waals surface area contributed by atoms with Crippen molar-refractivity contribution >= 4 is 27.4 Å². The second kappa shape index (κ2) is 4.06. The second-order valence-corrected chi connectivity index (χ2v) is 5.88. The highest BCUT2D eigenvalue weighted by Gasteiger charge is 2.19. The number of anilines is 1. The number of nitrogens with two attached hydrogens (primary N) is 1. The van der Waals surface area contributed by atoms with Crippen LogP contribution in [0, 0.1) is 19.7 Å². The number of hydrogen-bond acceptors (Lipinski definition) is 3. The molecule has 0 aliphatic carbocycles. The maximum atomic E-state index is 13.8. The number of halogens is 1. The molecule has 0 atom stereocenters. The van der Waals surface area contributed by atoms with Crippen LogP contribution in [0.3, 0.4) is 0 Å². The Hall–Kier alpha value is -1.88. The lowest BCUT2D eigenvalue weighted by Gasteiger charge is -2.03. The van der Waals surface area contributed by atoms with Gasteiger partial charge in [0, 0.05) is 11.9 Å². The SMILES string of the molecule is Cc1sc(N)c(-c2nc3c(F)cccc3n2C)c1C. The van der Waals surface area contributed by atoms with Gasteiger partial charge < -0.3 is 10.3 Å². The zero-order chi connectivity index (χ0) is 13.7. The summed E-state index contributed by atoms with van der Waals surface area (Å²) in [7, 11) is 1.88. The van der Waals surface area contributed by atoms with Crippen LogP contribution in [0.25, 0.3) is 22.4 Å². The zero-order valence-corrected chi connectivity index (χ0v) is 11.8. The summed E-state index contributed by atoms with van der Waals surface area (Å²) in [5, 5.41) is 0.730. The van der Waals surface area contributed by atoms with Crippen molar-refractivity contribution in [2.24, 2.45) is 7.05 Å². The number of nitrogen functional groups attached to an aromatic ring is 1. The molecule has 1 aromatic carbocycles. The van der Waals surface area contributed by atoms with E-state index in [2.05, 4.69) is 4.98 Å². The summed E-state index contributed by atoms with van der Waals surface area (Å²) in [6, 6.07) is 4.98. The van der Waals surface area contributed by atoms with E-state index in [1.807, 2.05) is 31.5 Å². The average molecular weight is 275 g/mol. The van der Waals surface area contributed by atoms with E-state index in [9.17, 15) is 4.39 Å². The molecule has 0 radical (unpaired) electrons. The van der Waals surface area contributed by atoms with Crippen molar-refractivity contribution in [3.05, 3.63) is 34.5 Å². The highest BCUT2D eigenvalue weighted by atomic mass is 32.1. The fraction of sp³-hybridized carbons (Fsp3) is 0.214. The lowest BCUT2D eigenvalue weighted by molar-refractivity contribution is 0.637. The molecule has 2 N–H and O–H groups in total. The first-order valence-electron chi connectivity index (χ1n) is 5.97. The molecule has 19 heavy (non-hydrogen) atoms. The lowest BCUT2D eigenvalue weighted by atomic mass is 10.1. The average Bonchev–Trinajstić information content (AvgIpc) is 2.81. The van der Waals surface area contributed by atoms with Gasteiger partial charge in [0.05, 0.1) is 16.1 Å². The van der Waals surface area contributed by atoms with Crippen LogP contribution in [0.5, 0.6) is 0 Å². The predicted molar refractivity (Wildman–Crippen MR) is 77.9 cm³/mol. The van der Waals surface area contributed by atoms with Crippen LogP contribution >= 0.6 is 11.3 Å². The molecule has 0 amide bonds. The van der Waals surface area contributed by atoms with Crippen molar-refractivity contribution in [1.29, 1.82) is 0 Å². The molecule has 2 aromatic heterocycles. The smallest absolute Gasteiger partial charge is 0.151 e. The maximum absolute atomic E-state index is 13.8. The van der Waals surface area contributed by atoms with Gasteiger partial charge in [-0.25, -0.2) is 9.37 Å². The Bertz CT molecular complexity index is 786. The number of aromatic nitrogens is 2. The van der Waals surface area contributed by atoms with E-state index in [4.69, 9.17) is 5.73 Å². The van der Waals surface area contributed by atoms with Crippen molar-refractivity contribution in [3.63, 3.8) is 0 Å². The van der Waals surface area contributed by atoms with Crippen molar-refractivity contribution in [1.82, 2.24) is 9.55 Å². The van der Waals surface area contributed by atoms with Crippen molar-refractivity contribution < 1.29 is 4.39 Å². The Morgan fingerprint density at radius 2 is 2.05 bits per heavy atom. The van der Waals surface area contributed by atoms with Gasteiger partial charge >= 0.3 is 0 Å². The summed E-state index contributed by atoms with van der Waals surface area (Å²) in [5.74, 6) is 0.418. The van der Waals surface area contributed by atoms with Gasteiger partial charge in [0.15, 0.2) is 5.82 Å². The molecule has 98 valence electrons. The Labute approximate surface area is 114 Å². The monoisotopic (exact) mass is 275 g/mol. The van der Waals surface area contributed by atoms with Gasteiger partial charge in [-0.15, -0.1) is 11.3 Å². The first-order valence-corrected chi connectivity index (χ1v) is 6.79. The van der Waals surface area contributed by atoms with Gasteiger partial charge in [-0.3, -0.25) is 0 Å². The third kappa shape index (κ3) is 1.65. The van der Waals surface area contributed by atoms with E-state index in [0.717, 1.165) is 27.5 Å². The summed E-state index contributed by atoms with van der Waals surface area (Å²) in [4.78, 5) is 5.60. The molecule has 5 heteroatoms. The van der Waals surface area contributed by atoms with Crippen LogP contribution in [0.1, 0.15) is 10.4 Å². The fourth-order valence-corrected chi connectivity index (χ4v) is 3.27. The van der Waals surface area contributed by atoms with Crippen LogP contribution in [-0.2, 0) is 7.05 Å². The van der Waals surface area contributed by atoms with E-state index < -0.39 is 0 Å². The highest BCUT2D eigenvalue weighted by Crippen LogP contribution is 2.38. The standard InChI is InChI=1S/C14H14FN3S/c1-7-8(2)19-13(16)11(7)14-17-12-9(15)5-4-6-10(12)18(14)3/h4-6H,16H2,1-3H3. The Morgan fingerprint density at radius 1 is 1.32 bits per heavy atom. The molecule has 0 aliphatic heterocycles. The number of aryl methyl sites for hydroxylation is 2. The molecule has 0 fully saturated rings. The van der Waals surface area contributed by atoms with Gasteiger partial charge in [0.1, 0.15) is 11.3 Å². The number of rotatable bonds is 1. The van der Waals surface area contributed by atoms with Crippen molar-refractivity contribution in [2.75, 3.05) is 5.73 Å². The number of imidazole rings is 1. The number of fused-ring (bicyclic) bond motifs is 1. The Balaban J connectivity index is 2.38. The third-order valence-corrected chi connectivity index (χ3v) is 4.53. The van der Waals surface area contributed by atoms with Crippen molar-refractivity contribution in [3.8, 4) is 11.4 Å². The third-order valence-electron chi connectivity index (χ3n) is 3.50. The van der Waals surface area contributed by atoms with Gasteiger partial charge in [0.2, 0.25) is 0 Å². The molecule has 0 saturated heterocycles. The number of para-hydroxylation sites is 1. The molecule has 0 bridgehead atoms. The van der Waals surface area contributed by atoms with Gasteiger partial charge in [-0.2, -0.15) is 0 Å². The highest BCUT2D eigenvalue weighted by molar-refractivity contribution is 7.16. The number of hydrogen-bond donors (Lipinski definition) is 1. The maximum Gasteiger partial charge on any atom is 0.151 e. The molecule has 3 rings (SSSR count). The first-order chi connectivity index (χ1) is 9.00. The normalized spacial score (nSPS) is 11.4. The van der Waals surface area contributed by atoms with Gasteiger partial charge in [-0.05, 0) is 31.5 Å². The molecule has 0 saturated carbocycles. The number of nitrogens with zero attached hydrogens (tertiary/aromatic N) is 2. The lowest BCUT2D eigenvalue weighted by Crippen LogP contribution is -1.95. The number of benzene rings is 1. The van der Waals surface area contributed by atoms with E-state index in [0.29, 0.717) is 5.52 Å². The van der Waals surface area contributed by atoms with Crippen LogP contribution in [-0.4, -0.2) is 9.55 Å². The van der Waals surface area contributed by atoms with Crippen molar-refractivity contribution in [2.45, 2.75) is 13.8 Å². The minimum Gasteiger partial charge on any atom is -0.390 e. The molecule has 2 heterocycles. The summed E-state index contributed by atoms with van der Waals surface area (Å²) in [6.45, 7) is 4.05. The summed E-state index contributed by atoms with van der Waals surface area (Å²) in [6.07, 6.45) is 0. The molecular weight excluding hydrogens is 261 g/mol. The molecular formula is C14H14FN3S. The summed E-state index contributed by atoms with van der Waals surface area (Å²) < 4.78 is 15.7. The Kier molecular flexibility index (Phi) is 2.60. The molecule has 0 unspecified atom stereocenters. The minimum absolute atomic E-state index is 0.303. The molecule has 0 spiro atoms. The van der Waals surface area contributed by atoms with E-state index in [-0.39, 0.29) is 5.82 Å². The van der Waals surface area contributed by atoms with E-state index >= 15 is 0 Å². The second-order valence-electron chi connectivity index (χ2n) is 4.62. The van der Waals surface area contributed by atoms with Crippen LogP contribution in [0.15, 0.2) is 18.2 Å². The minimum atomic E-state index is -0.303. The largest absolute Gasteiger partial charge is 0.390 e. The predicted octanol–water partition coefficient (Wildman–Crippen LogP) is 3.64. The Morgan fingerprint density at radius 3 is 2.63 bits per heavy atom. The summed E-state index contributed by atoms with van der Waals surface area (Å²) >= 11 is 1.54. The van der Waals surface area contributed by atoms with E-state index in [1.54, 1.807) is 17.4 Å². The summed E-state index contributed by atoms with van der Waals surface area (Å²) in [5.41, 5.74) is 9.27. The van der Waals surface area contributed by atoms with Crippen LogP contribution in [0.2, 0.25) is 0 Å². The van der Waals surface area contributed by atoms with Gasteiger partial charge in [-0.1, -0.05) is 6.07 Å². The van der Waals surface area contributed by atoms with Crippen LogP contribution in [0.4, 0.5) is 9.39 Å². The van der Waals surface area contributed by atoms with Gasteiger partial charge in [0.25, 0.3) is 0 Å². The quantitative estimate of drug-likeness (QED) is 0.737. The fourth-order valence-electron chi connectivity index (χ4n) is 2.34. The molecule has 0 aliphatic rings. The van der Waals surface area contributed by atoms with Crippen LogP contribution < -0.4 is 5.73 Å². The topological polar surface area (TPSA) is 43.8 Å². The first kappa shape index (κ1) is 12.2. The zero-order valence-electron chi connectivity index (χ0n) is 11.0. The van der Waals surface area contributed by atoms with E-state index in [1.165, 1.54) is 10.9 Å². The molecule has 3 nitrogen and oxygen atoms in total. The number of thiophene rings is 1. The molecule has 3 aromatic rings.